The van der Waals surface area contributed by atoms with E-state index in [0.717, 1.165) is 6.07 Å². The molecule has 22 heavy (non-hydrogen) atoms. The SMILES string of the molecule is CCOC(=O)CCc1cc(OC(F)F)cc(C(O)C(=O)O)c1. The molecular formula is C14H16F2O6. The number of alkyl halides is 2. The lowest BCUT2D eigenvalue weighted by Gasteiger charge is -2.12. The van der Waals surface area contributed by atoms with Crippen LogP contribution in [-0.4, -0.2) is 35.4 Å². The van der Waals surface area contributed by atoms with Crippen molar-refractivity contribution >= 4 is 11.9 Å². The summed E-state index contributed by atoms with van der Waals surface area (Å²) in [6.45, 7) is -1.22. The molecule has 1 rings (SSSR count). The number of carboxylic acids is 1. The van der Waals surface area contributed by atoms with Crippen LogP contribution in [0, 0.1) is 0 Å². The van der Waals surface area contributed by atoms with Crippen LogP contribution < -0.4 is 4.74 Å². The van der Waals surface area contributed by atoms with Gasteiger partial charge in [0.15, 0.2) is 6.10 Å². The zero-order valence-corrected chi connectivity index (χ0v) is 11.8. The maximum Gasteiger partial charge on any atom is 0.387 e. The van der Waals surface area contributed by atoms with Gasteiger partial charge in [-0.25, -0.2) is 4.79 Å². The van der Waals surface area contributed by atoms with Gasteiger partial charge in [-0.2, -0.15) is 8.78 Å². The Kier molecular flexibility index (Phi) is 6.71. The van der Waals surface area contributed by atoms with Gasteiger partial charge in [-0.15, -0.1) is 0 Å². The molecule has 1 unspecified atom stereocenters. The number of aliphatic hydroxyl groups excluding tert-OH is 1. The molecule has 0 amide bonds. The quantitative estimate of drug-likeness (QED) is 0.711. The number of aliphatic carboxylic acids is 1. The Balaban J connectivity index is 2.96. The number of aryl methyl sites for hydroxylation is 1. The molecule has 0 fully saturated rings. The highest BCUT2D eigenvalue weighted by atomic mass is 19.3. The first-order valence-corrected chi connectivity index (χ1v) is 6.48. The Morgan fingerprint density at radius 3 is 2.50 bits per heavy atom. The van der Waals surface area contributed by atoms with E-state index < -0.39 is 24.7 Å². The number of rotatable bonds is 8. The van der Waals surface area contributed by atoms with E-state index >= 15 is 0 Å². The van der Waals surface area contributed by atoms with Crippen molar-refractivity contribution < 1.29 is 38.1 Å². The van der Waals surface area contributed by atoms with Crippen molar-refractivity contribution in [2.45, 2.75) is 32.5 Å². The van der Waals surface area contributed by atoms with Gasteiger partial charge in [-0.1, -0.05) is 6.07 Å². The van der Waals surface area contributed by atoms with Crippen LogP contribution in [0.5, 0.6) is 5.75 Å². The maximum atomic E-state index is 12.3. The Morgan fingerprint density at radius 1 is 1.27 bits per heavy atom. The molecule has 2 N–H and O–H groups in total. The van der Waals surface area contributed by atoms with Gasteiger partial charge >= 0.3 is 18.6 Å². The minimum absolute atomic E-state index is 0.00538. The number of benzene rings is 1. The summed E-state index contributed by atoms with van der Waals surface area (Å²) in [5.74, 6) is -2.28. The van der Waals surface area contributed by atoms with E-state index in [-0.39, 0.29) is 30.8 Å². The van der Waals surface area contributed by atoms with Crippen LogP contribution in [0.4, 0.5) is 8.78 Å². The average molecular weight is 318 g/mol. The van der Waals surface area contributed by atoms with Crippen LogP contribution in [0.1, 0.15) is 30.6 Å². The number of aliphatic hydroxyl groups is 1. The molecular weight excluding hydrogens is 302 g/mol. The molecule has 1 aromatic rings. The molecule has 0 spiro atoms. The Labute approximate surface area is 125 Å². The van der Waals surface area contributed by atoms with Gasteiger partial charge < -0.3 is 19.7 Å². The van der Waals surface area contributed by atoms with Crippen LogP contribution in [-0.2, 0) is 20.7 Å². The average Bonchev–Trinajstić information content (AvgIpc) is 2.43. The van der Waals surface area contributed by atoms with Gasteiger partial charge in [0.2, 0.25) is 0 Å². The molecule has 1 atom stereocenters. The fourth-order valence-electron chi connectivity index (χ4n) is 1.78. The van der Waals surface area contributed by atoms with Crippen LogP contribution in [0.2, 0.25) is 0 Å². The summed E-state index contributed by atoms with van der Waals surface area (Å²) in [4.78, 5) is 22.1. The first-order valence-electron chi connectivity index (χ1n) is 6.48. The second-order valence-electron chi connectivity index (χ2n) is 4.33. The van der Waals surface area contributed by atoms with Crippen molar-refractivity contribution in [2.24, 2.45) is 0 Å². The number of carboxylic acid groups (broad SMARTS) is 1. The monoisotopic (exact) mass is 318 g/mol. The summed E-state index contributed by atoms with van der Waals surface area (Å²) in [6, 6.07) is 3.58. The molecule has 122 valence electrons. The van der Waals surface area contributed by atoms with E-state index in [1.807, 2.05) is 0 Å². The minimum atomic E-state index is -3.09. The second-order valence-corrected chi connectivity index (χ2v) is 4.33. The standard InChI is InChI=1S/C14H16F2O6/c1-2-21-11(17)4-3-8-5-9(12(18)13(19)20)7-10(6-8)22-14(15)16/h5-7,12,14,18H,2-4H2,1H3,(H,19,20). The Morgan fingerprint density at radius 2 is 1.95 bits per heavy atom. The zero-order chi connectivity index (χ0) is 16.7. The largest absolute Gasteiger partial charge is 0.479 e. The third kappa shape index (κ3) is 5.65. The molecule has 0 bridgehead atoms. The normalized spacial score (nSPS) is 12.0. The molecule has 0 aliphatic rings. The second kappa shape index (κ2) is 8.28. The highest BCUT2D eigenvalue weighted by Gasteiger charge is 2.19. The molecule has 1 aromatic carbocycles. The van der Waals surface area contributed by atoms with Crippen molar-refractivity contribution in [3.63, 3.8) is 0 Å². The van der Waals surface area contributed by atoms with Crippen molar-refractivity contribution in [3.05, 3.63) is 29.3 Å². The van der Waals surface area contributed by atoms with E-state index in [4.69, 9.17) is 9.84 Å². The third-order valence-corrected chi connectivity index (χ3v) is 2.69. The lowest BCUT2D eigenvalue weighted by atomic mass is 10.0. The fourth-order valence-corrected chi connectivity index (χ4v) is 1.78. The number of carbonyl (C=O) groups is 2. The number of esters is 1. The highest BCUT2D eigenvalue weighted by molar-refractivity contribution is 5.74. The summed E-state index contributed by atoms with van der Waals surface area (Å²) < 4.78 is 33.5. The van der Waals surface area contributed by atoms with Gasteiger partial charge in [-0.3, -0.25) is 4.79 Å². The van der Waals surface area contributed by atoms with E-state index in [1.165, 1.54) is 12.1 Å². The predicted molar refractivity (Wildman–Crippen MR) is 70.6 cm³/mol. The fraction of sp³-hybridized carbons (Fsp3) is 0.429. The lowest BCUT2D eigenvalue weighted by molar-refractivity contribution is -0.147. The molecule has 0 aromatic heterocycles. The molecule has 0 radical (unpaired) electrons. The molecule has 0 aliphatic carbocycles. The molecule has 0 saturated carbocycles. The number of ether oxygens (including phenoxy) is 2. The Hall–Kier alpha value is -2.22. The number of carbonyl (C=O) groups excluding carboxylic acids is 1. The molecule has 6 nitrogen and oxygen atoms in total. The van der Waals surface area contributed by atoms with Gasteiger partial charge in [-0.05, 0) is 36.6 Å². The smallest absolute Gasteiger partial charge is 0.387 e. The topological polar surface area (TPSA) is 93.1 Å². The van der Waals surface area contributed by atoms with Crippen molar-refractivity contribution in [1.82, 2.24) is 0 Å². The van der Waals surface area contributed by atoms with E-state index in [2.05, 4.69) is 4.74 Å². The lowest BCUT2D eigenvalue weighted by Crippen LogP contribution is -2.12. The summed E-state index contributed by atoms with van der Waals surface area (Å²) >= 11 is 0. The summed E-state index contributed by atoms with van der Waals surface area (Å²) in [7, 11) is 0. The summed E-state index contributed by atoms with van der Waals surface area (Å²) in [5.41, 5.74) is 0.269. The zero-order valence-electron chi connectivity index (χ0n) is 11.8. The summed E-state index contributed by atoms with van der Waals surface area (Å²) in [6.07, 6.45) is -1.74. The summed E-state index contributed by atoms with van der Waals surface area (Å²) in [5, 5.41) is 18.3. The van der Waals surface area contributed by atoms with Crippen molar-refractivity contribution in [3.8, 4) is 5.75 Å². The highest BCUT2D eigenvalue weighted by Crippen LogP contribution is 2.24. The third-order valence-electron chi connectivity index (χ3n) is 2.69. The maximum absolute atomic E-state index is 12.3. The van der Waals surface area contributed by atoms with Gasteiger partial charge in [0.1, 0.15) is 5.75 Å². The number of hydrogen-bond donors (Lipinski definition) is 2. The van der Waals surface area contributed by atoms with Crippen molar-refractivity contribution in [1.29, 1.82) is 0 Å². The minimum Gasteiger partial charge on any atom is -0.479 e. The van der Waals surface area contributed by atoms with Gasteiger partial charge in [0.05, 0.1) is 6.61 Å². The first kappa shape index (κ1) is 17.8. The van der Waals surface area contributed by atoms with Gasteiger partial charge in [0, 0.05) is 6.42 Å². The Bertz CT molecular complexity index is 532. The molecule has 0 saturated heterocycles. The van der Waals surface area contributed by atoms with Crippen LogP contribution in [0.25, 0.3) is 0 Å². The molecule has 0 aliphatic heterocycles. The molecule has 8 heteroatoms. The van der Waals surface area contributed by atoms with Crippen LogP contribution >= 0.6 is 0 Å². The first-order chi connectivity index (χ1) is 10.3. The molecule has 0 heterocycles. The van der Waals surface area contributed by atoms with Crippen LogP contribution in [0.3, 0.4) is 0 Å². The van der Waals surface area contributed by atoms with E-state index in [0.29, 0.717) is 5.56 Å². The number of hydrogen-bond acceptors (Lipinski definition) is 5. The van der Waals surface area contributed by atoms with Crippen LogP contribution in [0.15, 0.2) is 18.2 Å². The van der Waals surface area contributed by atoms with Gasteiger partial charge in [0.25, 0.3) is 0 Å². The predicted octanol–water partition coefficient (Wildman–Crippen LogP) is 1.90. The van der Waals surface area contributed by atoms with Crippen molar-refractivity contribution in [2.75, 3.05) is 6.61 Å². The van der Waals surface area contributed by atoms with E-state index in [1.54, 1.807) is 6.92 Å². The van der Waals surface area contributed by atoms with E-state index in [9.17, 15) is 23.5 Å². The number of halogens is 2.